The third kappa shape index (κ3) is 3.86. The molecular weight excluding hydrogens is 278 g/mol. The molecule has 108 valence electrons. The Morgan fingerprint density at radius 2 is 2.35 bits per heavy atom. The fraction of sp³-hybridized carbons (Fsp3) is 0.462. The third-order valence-corrected chi connectivity index (χ3v) is 4.08. The molecule has 1 atom stereocenters. The maximum Gasteiger partial charge on any atom is 0.327 e. The van der Waals surface area contributed by atoms with Crippen LogP contribution in [0.2, 0.25) is 0 Å². The molecule has 2 amide bonds. The molecule has 0 aliphatic carbocycles. The van der Waals surface area contributed by atoms with E-state index in [1.807, 2.05) is 18.2 Å². The van der Waals surface area contributed by atoms with Gasteiger partial charge in [-0.3, -0.25) is 4.98 Å². The van der Waals surface area contributed by atoms with Crippen LogP contribution in [0.15, 0.2) is 24.4 Å². The molecular formula is C13H17N3O3S. The molecule has 2 rings (SSSR count). The zero-order chi connectivity index (χ0) is 14.4. The highest BCUT2D eigenvalue weighted by Crippen LogP contribution is 2.16. The number of thioether (sulfide) groups is 1. The highest BCUT2D eigenvalue weighted by molar-refractivity contribution is 7.99. The molecule has 0 bridgehead atoms. The number of carbonyl (C=O) groups excluding carboxylic acids is 1. The SMILES string of the molecule is O=C(O)C1CSCCN1C(=O)NCCc1ccccn1. The van der Waals surface area contributed by atoms with Gasteiger partial charge in [0.05, 0.1) is 0 Å². The first-order valence-corrected chi connectivity index (χ1v) is 7.59. The lowest BCUT2D eigenvalue weighted by Gasteiger charge is -2.32. The molecule has 0 spiro atoms. The molecule has 1 aromatic heterocycles. The molecule has 1 aliphatic heterocycles. The van der Waals surface area contributed by atoms with Gasteiger partial charge in [-0.2, -0.15) is 11.8 Å². The van der Waals surface area contributed by atoms with Crippen molar-refractivity contribution in [2.75, 3.05) is 24.6 Å². The van der Waals surface area contributed by atoms with Crippen molar-refractivity contribution in [2.24, 2.45) is 0 Å². The minimum absolute atomic E-state index is 0.311. The van der Waals surface area contributed by atoms with Crippen LogP contribution in [0, 0.1) is 0 Å². The van der Waals surface area contributed by atoms with E-state index in [-0.39, 0.29) is 6.03 Å². The number of nitrogens with zero attached hydrogens (tertiary/aromatic N) is 2. The second kappa shape index (κ2) is 7.14. The summed E-state index contributed by atoms with van der Waals surface area (Å²) in [6, 6.07) is 4.58. The number of rotatable bonds is 4. The van der Waals surface area contributed by atoms with E-state index in [0.717, 1.165) is 11.4 Å². The van der Waals surface area contributed by atoms with Crippen molar-refractivity contribution in [2.45, 2.75) is 12.5 Å². The monoisotopic (exact) mass is 295 g/mol. The standard InChI is InChI=1S/C13H17N3O3S/c17-12(18)11-9-20-8-7-16(11)13(19)15-6-4-10-3-1-2-5-14-10/h1-3,5,11H,4,6-9H2,(H,15,19)(H,17,18). The first-order chi connectivity index (χ1) is 9.68. The van der Waals surface area contributed by atoms with Crippen LogP contribution in [-0.2, 0) is 11.2 Å². The molecule has 2 N–H and O–H groups in total. The third-order valence-electron chi connectivity index (χ3n) is 3.06. The van der Waals surface area contributed by atoms with Gasteiger partial charge in [0.15, 0.2) is 0 Å². The number of carboxylic acid groups (broad SMARTS) is 1. The molecule has 7 heteroatoms. The number of carboxylic acids is 1. The van der Waals surface area contributed by atoms with Gasteiger partial charge in [-0.25, -0.2) is 9.59 Å². The highest BCUT2D eigenvalue weighted by Gasteiger charge is 2.32. The van der Waals surface area contributed by atoms with Crippen molar-refractivity contribution in [1.82, 2.24) is 15.2 Å². The van der Waals surface area contributed by atoms with Gasteiger partial charge < -0.3 is 15.3 Å². The van der Waals surface area contributed by atoms with E-state index in [1.54, 1.807) is 18.0 Å². The Labute approximate surface area is 121 Å². The number of hydrogen-bond acceptors (Lipinski definition) is 4. The van der Waals surface area contributed by atoms with Gasteiger partial charge >= 0.3 is 12.0 Å². The molecule has 1 saturated heterocycles. The van der Waals surface area contributed by atoms with Crippen molar-refractivity contribution in [3.8, 4) is 0 Å². The molecule has 1 unspecified atom stereocenters. The average Bonchev–Trinajstić information content (AvgIpc) is 2.48. The number of nitrogens with one attached hydrogen (secondary N) is 1. The molecule has 0 radical (unpaired) electrons. The van der Waals surface area contributed by atoms with Crippen LogP contribution in [0.4, 0.5) is 4.79 Å². The summed E-state index contributed by atoms with van der Waals surface area (Å²) in [7, 11) is 0. The lowest BCUT2D eigenvalue weighted by Crippen LogP contribution is -2.54. The fourth-order valence-corrected chi connectivity index (χ4v) is 3.03. The second-order valence-electron chi connectivity index (χ2n) is 4.43. The number of amides is 2. The summed E-state index contributed by atoms with van der Waals surface area (Å²) in [5.41, 5.74) is 0.900. The summed E-state index contributed by atoms with van der Waals surface area (Å²) in [4.78, 5) is 28.7. The summed E-state index contributed by atoms with van der Waals surface area (Å²) in [5.74, 6) is 0.276. The molecule has 1 aliphatic rings. The van der Waals surface area contributed by atoms with Gasteiger partial charge in [-0.1, -0.05) is 6.07 Å². The first-order valence-electron chi connectivity index (χ1n) is 6.43. The Kier molecular flexibility index (Phi) is 5.23. The second-order valence-corrected chi connectivity index (χ2v) is 5.58. The fourth-order valence-electron chi connectivity index (χ4n) is 2.00. The maximum absolute atomic E-state index is 12.0. The number of aliphatic carboxylic acids is 1. The van der Waals surface area contributed by atoms with Crippen molar-refractivity contribution in [1.29, 1.82) is 0 Å². The van der Waals surface area contributed by atoms with Gasteiger partial charge in [0, 0.05) is 42.9 Å². The number of hydrogen-bond donors (Lipinski definition) is 2. The molecule has 1 fully saturated rings. The Hall–Kier alpha value is -1.76. The van der Waals surface area contributed by atoms with E-state index in [4.69, 9.17) is 5.11 Å². The minimum atomic E-state index is -0.947. The number of pyridine rings is 1. The first kappa shape index (κ1) is 14.6. The molecule has 0 saturated carbocycles. The minimum Gasteiger partial charge on any atom is -0.480 e. The van der Waals surface area contributed by atoms with Crippen LogP contribution in [0.1, 0.15) is 5.69 Å². The van der Waals surface area contributed by atoms with Crippen LogP contribution >= 0.6 is 11.8 Å². The van der Waals surface area contributed by atoms with Crippen LogP contribution < -0.4 is 5.32 Å². The Morgan fingerprint density at radius 1 is 1.50 bits per heavy atom. The molecule has 1 aromatic rings. The topological polar surface area (TPSA) is 82.5 Å². The summed E-state index contributed by atoms with van der Waals surface area (Å²) in [6.07, 6.45) is 2.34. The van der Waals surface area contributed by atoms with Crippen LogP contribution in [0.5, 0.6) is 0 Å². The van der Waals surface area contributed by atoms with E-state index in [2.05, 4.69) is 10.3 Å². The number of carbonyl (C=O) groups is 2. The Morgan fingerprint density at radius 3 is 3.05 bits per heavy atom. The van der Waals surface area contributed by atoms with Crippen molar-refractivity contribution >= 4 is 23.8 Å². The van der Waals surface area contributed by atoms with E-state index in [9.17, 15) is 9.59 Å². The Balaban J connectivity index is 1.83. The van der Waals surface area contributed by atoms with E-state index >= 15 is 0 Å². The molecule has 20 heavy (non-hydrogen) atoms. The normalized spacial score (nSPS) is 18.6. The van der Waals surface area contributed by atoms with E-state index in [0.29, 0.717) is 25.3 Å². The van der Waals surface area contributed by atoms with Crippen molar-refractivity contribution in [3.63, 3.8) is 0 Å². The van der Waals surface area contributed by atoms with Crippen LogP contribution in [0.25, 0.3) is 0 Å². The number of aromatic nitrogens is 1. The zero-order valence-electron chi connectivity index (χ0n) is 11.0. The molecule has 6 nitrogen and oxygen atoms in total. The quantitative estimate of drug-likeness (QED) is 0.860. The van der Waals surface area contributed by atoms with E-state index in [1.165, 1.54) is 4.90 Å². The predicted octanol–water partition coefficient (Wildman–Crippen LogP) is 0.836. The lowest BCUT2D eigenvalue weighted by molar-refractivity contribution is -0.141. The zero-order valence-corrected chi connectivity index (χ0v) is 11.8. The lowest BCUT2D eigenvalue weighted by atomic mass is 10.2. The van der Waals surface area contributed by atoms with Crippen molar-refractivity contribution < 1.29 is 14.7 Å². The largest absolute Gasteiger partial charge is 0.480 e. The average molecular weight is 295 g/mol. The summed E-state index contributed by atoms with van der Waals surface area (Å²) < 4.78 is 0. The van der Waals surface area contributed by atoms with Gasteiger partial charge in [0.1, 0.15) is 6.04 Å². The Bertz CT molecular complexity index is 469. The molecule has 2 heterocycles. The highest BCUT2D eigenvalue weighted by atomic mass is 32.2. The summed E-state index contributed by atoms with van der Waals surface area (Å²) in [5, 5.41) is 11.9. The number of urea groups is 1. The summed E-state index contributed by atoms with van der Waals surface area (Å²) >= 11 is 1.56. The van der Waals surface area contributed by atoms with Gasteiger partial charge in [0.2, 0.25) is 0 Å². The van der Waals surface area contributed by atoms with Gasteiger partial charge in [-0.05, 0) is 12.1 Å². The van der Waals surface area contributed by atoms with Gasteiger partial charge in [0.25, 0.3) is 0 Å². The smallest absolute Gasteiger partial charge is 0.327 e. The maximum atomic E-state index is 12.0. The van der Waals surface area contributed by atoms with Crippen LogP contribution in [-0.4, -0.2) is 57.6 Å². The predicted molar refractivity (Wildman–Crippen MR) is 76.8 cm³/mol. The molecule has 0 aromatic carbocycles. The van der Waals surface area contributed by atoms with Crippen LogP contribution in [0.3, 0.4) is 0 Å². The summed E-state index contributed by atoms with van der Waals surface area (Å²) in [6.45, 7) is 0.920. The van der Waals surface area contributed by atoms with E-state index < -0.39 is 12.0 Å². The van der Waals surface area contributed by atoms with Gasteiger partial charge in [-0.15, -0.1) is 0 Å². The van der Waals surface area contributed by atoms with Crippen molar-refractivity contribution in [3.05, 3.63) is 30.1 Å².